The molecular weight excluding hydrogens is 162 g/mol. The molecule has 0 bridgehead atoms. The van der Waals surface area contributed by atoms with Gasteiger partial charge in [0.25, 0.3) is 0 Å². The van der Waals surface area contributed by atoms with Gasteiger partial charge in [-0.2, -0.15) is 0 Å². The summed E-state index contributed by atoms with van der Waals surface area (Å²) in [6, 6.07) is 0.660. The Bertz CT molecular complexity index is 179. The molecular formula is C10H21N3. The Labute approximate surface area is 80.8 Å². The molecule has 0 aromatic carbocycles. The molecule has 1 fully saturated rings. The monoisotopic (exact) mass is 183 g/mol. The third-order valence-electron chi connectivity index (χ3n) is 3.17. The average Bonchev–Trinajstić information content (AvgIpc) is 2.07. The topological polar surface area (TPSA) is 53.1 Å². The van der Waals surface area contributed by atoms with E-state index in [2.05, 4.69) is 18.7 Å². The number of hydrogen-bond donors (Lipinski definition) is 2. The fraction of sp³-hybridized carbons (Fsp3) is 0.900. The highest BCUT2D eigenvalue weighted by Crippen LogP contribution is 2.22. The van der Waals surface area contributed by atoms with Gasteiger partial charge in [-0.25, -0.2) is 0 Å². The molecule has 3 N–H and O–H groups in total. The maximum Gasteiger partial charge on any atom is 0.0918 e. The molecule has 3 heteroatoms. The van der Waals surface area contributed by atoms with Gasteiger partial charge in [-0.1, -0.05) is 6.92 Å². The molecule has 0 spiro atoms. The van der Waals surface area contributed by atoms with Gasteiger partial charge in [0.2, 0.25) is 0 Å². The van der Waals surface area contributed by atoms with Crippen LogP contribution in [0.4, 0.5) is 0 Å². The zero-order valence-electron chi connectivity index (χ0n) is 8.71. The van der Waals surface area contributed by atoms with Crippen LogP contribution in [0.3, 0.4) is 0 Å². The Kier molecular flexibility index (Phi) is 3.72. The van der Waals surface area contributed by atoms with Crippen molar-refractivity contribution in [3.05, 3.63) is 0 Å². The predicted molar refractivity (Wildman–Crippen MR) is 56.0 cm³/mol. The normalized spacial score (nSPS) is 30.3. The third-order valence-corrected chi connectivity index (χ3v) is 3.17. The number of likely N-dealkylation sites (tertiary alicyclic amines) is 1. The number of nitrogens with one attached hydrogen (secondary N) is 1. The first kappa shape index (κ1) is 10.5. The van der Waals surface area contributed by atoms with E-state index >= 15 is 0 Å². The van der Waals surface area contributed by atoms with E-state index in [9.17, 15) is 0 Å². The lowest BCUT2D eigenvalue weighted by Crippen LogP contribution is -2.43. The van der Waals surface area contributed by atoms with Crippen LogP contribution in [0.5, 0.6) is 0 Å². The molecule has 0 radical (unpaired) electrons. The highest BCUT2D eigenvalue weighted by atomic mass is 15.2. The summed E-state index contributed by atoms with van der Waals surface area (Å²) in [6.45, 7) is 6.73. The summed E-state index contributed by atoms with van der Waals surface area (Å²) in [4.78, 5) is 2.45. The summed E-state index contributed by atoms with van der Waals surface area (Å²) < 4.78 is 0. The van der Waals surface area contributed by atoms with Gasteiger partial charge in [0, 0.05) is 19.0 Å². The minimum atomic E-state index is 0.311. The van der Waals surface area contributed by atoms with Crippen LogP contribution in [0.2, 0.25) is 0 Å². The molecule has 2 unspecified atom stereocenters. The summed E-state index contributed by atoms with van der Waals surface area (Å²) in [5.74, 6) is 1.10. The second-order valence-corrected chi connectivity index (χ2v) is 4.17. The Morgan fingerprint density at radius 2 is 2.23 bits per heavy atom. The van der Waals surface area contributed by atoms with Gasteiger partial charge in [-0.3, -0.25) is 10.3 Å². The van der Waals surface area contributed by atoms with Crippen LogP contribution in [-0.2, 0) is 0 Å². The third kappa shape index (κ3) is 2.99. The molecule has 13 heavy (non-hydrogen) atoms. The zero-order chi connectivity index (χ0) is 9.84. The van der Waals surface area contributed by atoms with Gasteiger partial charge in [0.15, 0.2) is 0 Å². The molecule has 0 saturated carbocycles. The Morgan fingerprint density at radius 1 is 1.54 bits per heavy atom. The maximum absolute atomic E-state index is 7.18. The van der Waals surface area contributed by atoms with Gasteiger partial charge in [-0.05, 0) is 32.2 Å². The van der Waals surface area contributed by atoms with Crippen molar-refractivity contribution in [2.75, 3.05) is 13.1 Å². The van der Waals surface area contributed by atoms with Crippen LogP contribution < -0.4 is 5.73 Å². The molecule has 1 aliphatic heterocycles. The fourth-order valence-electron chi connectivity index (χ4n) is 2.00. The van der Waals surface area contributed by atoms with E-state index in [1.165, 1.54) is 19.4 Å². The second kappa shape index (κ2) is 4.61. The smallest absolute Gasteiger partial charge is 0.0918 e. The number of piperidine rings is 1. The molecule has 76 valence electrons. The lowest BCUT2D eigenvalue weighted by Gasteiger charge is -2.37. The van der Waals surface area contributed by atoms with Crippen LogP contribution >= 0.6 is 0 Å². The highest BCUT2D eigenvalue weighted by molar-refractivity contribution is 5.76. The van der Waals surface area contributed by atoms with E-state index in [0.29, 0.717) is 11.9 Å². The number of rotatable bonds is 3. The zero-order valence-corrected chi connectivity index (χ0v) is 8.71. The van der Waals surface area contributed by atoms with Gasteiger partial charge in [0.05, 0.1) is 5.84 Å². The first-order chi connectivity index (χ1) is 6.11. The van der Waals surface area contributed by atoms with Crippen molar-refractivity contribution in [2.24, 2.45) is 11.7 Å². The molecule has 0 aliphatic carbocycles. The van der Waals surface area contributed by atoms with Gasteiger partial charge >= 0.3 is 0 Å². The summed E-state index contributed by atoms with van der Waals surface area (Å²) in [5.41, 5.74) is 5.35. The number of amidine groups is 1. The molecule has 1 rings (SSSR count). The fourth-order valence-corrected chi connectivity index (χ4v) is 2.00. The van der Waals surface area contributed by atoms with Crippen molar-refractivity contribution in [3.63, 3.8) is 0 Å². The molecule has 0 amide bonds. The van der Waals surface area contributed by atoms with E-state index in [-0.39, 0.29) is 0 Å². The molecule has 3 nitrogen and oxygen atoms in total. The van der Waals surface area contributed by atoms with Crippen LogP contribution in [0.15, 0.2) is 0 Å². The number of nitrogens with zero attached hydrogens (tertiary/aromatic N) is 1. The van der Waals surface area contributed by atoms with Crippen LogP contribution in [0.1, 0.15) is 33.1 Å². The Hall–Kier alpha value is -0.570. The van der Waals surface area contributed by atoms with E-state index in [0.717, 1.165) is 18.9 Å². The van der Waals surface area contributed by atoms with Crippen LogP contribution in [0, 0.1) is 11.3 Å². The van der Waals surface area contributed by atoms with Gasteiger partial charge < -0.3 is 5.73 Å². The maximum atomic E-state index is 7.18. The van der Waals surface area contributed by atoms with E-state index in [1.54, 1.807) is 0 Å². The van der Waals surface area contributed by atoms with Crippen LogP contribution in [0.25, 0.3) is 0 Å². The van der Waals surface area contributed by atoms with E-state index in [4.69, 9.17) is 11.1 Å². The van der Waals surface area contributed by atoms with Crippen molar-refractivity contribution >= 4 is 5.84 Å². The van der Waals surface area contributed by atoms with Crippen molar-refractivity contribution in [1.29, 1.82) is 5.41 Å². The summed E-state index contributed by atoms with van der Waals surface area (Å²) >= 11 is 0. The molecule has 0 aromatic rings. The summed E-state index contributed by atoms with van der Waals surface area (Å²) in [6.07, 6.45) is 3.36. The number of hydrogen-bond acceptors (Lipinski definition) is 2. The minimum absolute atomic E-state index is 0.311. The Morgan fingerprint density at radius 3 is 2.85 bits per heavy atom. The molecule has 1 heterocycles. The van der Waals surface area contributed by atoms with Crippen molar-refractivity contribution in [3.8, 4) is 0 Å². The van der Waals surface area contributed by atoms with E-state index < -0.39 is 0 Å². The van der Waals surface area contributed by atoms with Gasteiger partial charge in [-0.15, -0.1) is 0 Å². The standard InChI is InChI=1S/C10H21N3/c1-8-4-3-6-13(9(8)2)7-5-10(11)12/h8-9H,3-7H2,1-2H3,(H3,11,12). The lowest BCUT2D eigenvalue weighted by atomic mass is 9.92. The second-order valence-electron chi connectivity index (χ2n) is 4.17. The molecule has 1 saturated heterocycles. The molecule has 2 atom stereocenters. The quantitative estimate of drug-likeness (QED) is 0.514. The van der Waals surface area contributed by atoms with Crippen molar-refractivity contribution in [2.45, 2.75) is 39.2 Å². The SMILES string of the molecule is CC1CCCN(CCC(=N)N)C1C. The van der Waals surface area contributed by atoms with Crippen molar-refractivity contribution in [1.82, 2.24) is 4.90 Å². The largest absolute Gasteiger partial charge is 0.388 e. The van der Waals surface area contributed by atoms with E-state index in [1.807, 2.05) is 0 Å². The first-order valence-electron chi connectivity index (χ1n) is 5.18. The number of nitrogens with two attached hydrogens (primary N) is 1. The van der Waals surface area contributed by atoms with Crippen LogP contribution in [-0.4, -0.2) is 29.9 Å². The minimum Gasteiger partial charge on any atom is -0.388 e. The molecule has 1 aliphatic rings. The highest BCUT2D eigenvalue weighted by Gasteiger charge is 2.23. The summed E-state index contributed by atoms with van der Waals surface area (Å²) in [5, 5.41) is 7.18. The predicted octanol–water partition coefficient (Wildman–Crippen LogP) is 1.43. The Balaban J connectivity index is 2.35. The van der Waals surface area contributed by atoms with Crippen molar-refractivity contribution < 1.29 is 0 Å². The van der Waals surface area contributed by atoms with Gasteiger partial charge in [0.1, 0.15) is 0 Å². The summed E-state index contributed by atoms with van der Waals surface area (Å²) in [7, 11) is 0. The lowest BCUT2D eigenvalue weighted by molar-refractivity contribution is 0.117. The molecule has 0 aromatic heterocycles. The first-order valence-corrected chi connectivity index (χ1v) is 5.18. The average molecular weight is 183 g/mol.